The highest BCUT2D eigenvalue weighted by Gasteiger charge is 2.24. The predicted molar refractivity (Wildman–Crippen MR) is 89.8 cm³/mol. The van der Waals surface area contributed by atoms with E-state index in [1.165, 1.54) is 32.2 Å². The van der Waals surface area contributed by atoms with E-state index in [0.717, 1.165) is 43.7 Å². The first-order valence-corrected chi connectivity index (χ1v) is 8.71. The molecule has 6 nitrogen and oxygen atoms in total. The molecular formula is C17H24N6. The molecule has 4 rings (SSSR count). The minimum Gasteiger partial charge on any atom is -0.337 e. The zero-order valence-electron chi connectivity index (χ0n) is 13.5. The van der Waals surface area contributed by atoms with Crippen molar-refractivity contribution in [1.82, 2.24) is 25.1 Å². The Morgan fingerprint density at radius 3 is 2.43 bits per heavy atom. The van der Waals surface area contributed by atoms with Gasteiger partial charge in [0, 0.05) is 32.7 Å². The number of hydrogen-bond donors (Lipinski definition) is 0. The summed E-state index contributed by atoms with van der Waals surface area (Å²) in [6, 6.07) is 10.1. The lowest BCUT2D eigenvalue weighted by Crippen LogP contribution is -2.48. The number of tetrazole rings is 1. The molecule has 1 aliphatic heterocycles. The van der Waals surface area contributed by atoms with E-state index < -0.39 is 0 Å². The van der Waals surface area contributed by atoms with Crippen LogP contribution in [0.25, 0.3) is 5.69 Å². The average Bonchev–Trinajstić information content (AvgIpc) is 3.28. The van der Waals surface area contributed by atoms with Crippen molar-refractivity contribution < 1.29 is 0 Å². The lowest BCUT2D eigenvalue weighted by atomic mass is 10.1. The fourth-order valence-corrected chi connectivity index (χ4v) is 3.80. The van der Waals surface area contributed by atoms with Gasteiger partial charge in [0.05, 0.1) is 5.69 Å². The standard InChI is InChI=1S/C17H24N6/c1-2-8-16(9-3-1)23-17(18-19-20-23)22-12-10-21(11-13-22)14-15-6-4-5-7-15/h1-3,8-9,15H,4-7,10-14H2. The second-order valence-corrected chi connectivity index (χ2v) is 6.66. The van der Waals surface area contributed by atoms with Crippen LogP contribution in [0.1, 0.15) is 25.7 Å². The number of hydrogen-bond acceptors (Lipinski definition) is 5. The SMILES string of the molecule is c1ccc(-n2nnnc2N2CCN(CC3CCCC3)CC2)cc1. The summed E-state index contributed by atoms with van der Waals surface area (Å²) in [5.41, 5.74) is 1.01. The van der Waals surface area contributed by atoms with Crippen LogP contribution in [0.4, 0.5) is 5.95 Å². The predicted octanol–water partition coefficient (Wildman–Crippen LogP) is 1.97. The summed E-state index contributed by atoms with van der Waals surface area (Å²) in [6.45, 7) is 5.49. The Balaban J connectivity index is 1.40. The summed E-state index contributed by atoms with van der Waals surface area (Å²) in [5.74, 6) is 1.79. The Labute approximate surface area is 137 Å². The van der Waals surface area contributed by atoms with Gasteiger partial charge < -0.3 is 4.90 Å². The van der Waals surface area contributed by atoms with Gasteiger partial charge in [-0.15, -0.1) is 0 Å². The average molecular weight is 312 g/mol. The fraction of sp³-hybridized carbons (Fsp3) is 0.588. The number of rotatable bonds is 4. The van der Waals surface area contributed by atoms with Gasteiger partial charge in [0.1, 0.15) is 0 Å². The Bertz CT molecular complexity index is 611. The number of aromatic nitrogens is 4. The molecule has 2 heterocycles. The lowest BCUT2D eigenvalue weighted by Gasteiger charge is -2.36. The van der Waals surface area contributed by atoms with Crippen LogP contribution in [0.3, 0.4) is 0 Å². The molecule has 0 radical (unpaired) electrons. The van der Waals surface area contributed by atoms with E-state index in [4.69, 9.17) is 0 Å². The van der Waals surface area contributed by atoms with Crippen LogP contribution < -0.4 is 4.90 Å². The van der Waals surface area contributed by atoms with E-state index in [9.17, 15) is 0 Å². The topological polar surface area (TPSA) is 50.1 Å². The second kappa shape index (κ2) is 6.66. The molecule has 2 aliphatic rings. The zero-order chi connectivity index (χ0) is 15.5. The van der Waals surface area contributed by atoms with Crippen molar-refractivity contribution >= 4 is 5.95 Å². The first-order valence-electron chi connectivity index (χ1n) is 8.71. The highest BCUT2D eigenvalue weighted by atomic mass is 15.6. The summed E-state index contributed by atoms with van der Waals surface area (Å²) in [6.07, 6.45) is 5.70. The van der Waals surface area contributed by atoms with Gasteiger partial charge in [-0.1, -0.05) is 36.1 Å². The number of piperazine rings is 1. The fourth-order valence-electron chi connectivity index (χ4n) is 3.80. The van der Waals surface area contributed by atoms with Crippen LogP contribution >= 0.6 is 0 Å². The molecule has 0 amide bonds. The summed E-state index contributed by atoms with van der Waals surface area (Å²) >= 11 is 0. The van der Waals surface area contributed by atoms with Gasteiger partial charge in [-0.05, 0) is 41.3 Å². The van der Waals surface area contributed by atoms with E-state index in [0.29, 0.717) is 0 Å². The molecule has 0 unspecified atom stereocenters. The molecule has 2 fully saturated rings. The molecule has 1 saturated heterocycles. The number of para-hydroxylation sites is 1. The third-order valence-electron chi connectivity index (χ3n) is 5.10. The number of benzene rings is 1. The first-order chi connectivity index (χ1) is 11.4. The highest BCUT2D eigenvalue weighted by molar-refractivity contribution is 5.40. The Kier molecular flexibility index (Phi) is 4.24. The minimum atomic E-state index is 0.858. The van der Waals surface area contributed by atoms with Gasteiger partial charge in [0.25, 0.3) is 0 Å². The van der Waals surface area contributed by atoms with Gasteiger partial charge in [0.15, 0.2) is 0 Å². The van der Waals surface area contributed by atoms with E-state index in [-0.39, 0.29) is 0 Å². The van der Waals surface area contributed by atoms with Crippen molar-refractivity contribution in [2.45, 2.75) is 25.7 Å². The molecule has 1 saturated carbocycles. The molecule has 0 atom stereocenters. The minimum absolute atomic E-state index is 0.858. The largest absolute Gasteiger partial charge is 0.337 e. The third-order valence-corrected chi connectivity index (χ3v) is 5.10. The quantitative estimate of drug-likeness (QED) is 0.864. The van der Waals surface area contributed by atoms with Crippen molar-refractivity contribution in [1.29, 1.82) is 0 Å². The molecule has 0 bridgehead atoms. The van der Waals surface area contributed by atoms with Crippen molar-refractivity contribution in [3.8, 4) is 5.69 Å². The van der Waals surface area contributed by atoms with Crippen LogP contribution in [0.2, 0.25) is 0 Å². The van der Waals surface area contributed by atoms with Crippen molar-refractivity contribution in [2.24, 2.45) is 5.92 Å². The molecule has 2 aromatic rings. The Morgan fingerprint density at radius 1 is 0.957 bits per heavy atom. The van der Waals surface area contributed by atoms with Gasteiger partial charge in [-0.3, -0.25) is 4.90 Å². The van der Waals surface area contributed by atoms with Gasteiger partial charge in [-0.25, -0.2) is 0 Å². The summed E-state index contributed by atoms with van der Waals surface area (Å²) in [4.78, 5) is 4.92. The van der Waals surface area contributed by atoms with E-state index in [2.05, 4.69) is 25.3 Å². The maximum atomic E-state index is 4.25. The van der Waals surface area contributed by atoms with Gasteiger partial charge in [0.2, 0.25) is 5.95 Å². The van der Waals surface area contributed by atoms with Crippen molar-refractivity contribution in [2.75, 3.05) is 37.6 Å². The van der Waals surface area contributed by atoms with Crippen LogP contribution in [0.15, 0.2) is 30.3 Å². The van der Waals surface area contributed by atoms with Crippen LogP contribution in [-0.2, 0) is 0 Å². The Morgan fingerprint density at radius 2 is 1.70 bits per heavy atom. The highest BCUT2D eigenvalue weighted by Crippen LogP contribution is 2.26. The van der Waals surface area contributed by atoms with Crippen LogP contribution in [-0.4, -0.2) is 57.8 Å². The molecule has 0 spiro atoms. The van der Waals surface area contributed by atoms with E-state index >= 15 is 0 Å². The van der Waals surface area contributed by atoms with E-state index in [1.54, 1.807) is 0 Å². The molecule has 23 heavy (non-hydrogen) atoms. The Hall–Kier alpha value is -1.95. The first kappa shape index (κ1) is 14.6. The second-order valence-electron chi connectivity index (χ2n) is 6.66. The van der Waals surface area contributed by atoms with Crippen molar-refractivity contribution in [3.05, 3.63) is 30.3 Å². The smallest absolute Gasteiger partial charge is 0.250 e. The molecular weight excluding hydrogens is 288 g/mol. The summed E-state index contributed by atoms with van der Waals surface area (Å²) in [5, 5.41) is 12.3. The molecule has 1 aliphatic carbocycles. The summed E-state index contributed by atoms with van der Waals surface area (Å²) < 4.78 is 1.84. The molecule has 0 N–H and O–H groups in total. The van der Waals surface area contributed by atoms with Gasteiger partial charge >= 0.3 is 0 Å². The van der Waals surface area contributed by atoms with Gasteiger partial charge in [-0.2, -0.15) is 4.68 Å². The molecule has 1 aromatic carbocycles. The summed E-state index contributed by atoms with van der Waals surface area (Å²) in [7, 11) is 0. The molecule has 1 aromatic heterocycles. The molecule has 122 valence electrons. The normalized spacial score (nSPS) is 20.3. The maximum absolute atomic E-state index is 4.25. The van der Waals surface area contributed by atoms with Crippen LogP contribution in [0, 0.1) is 5.92 Å². The zero-order valence-corrected chi connectivity index (χ0v) is 13.5. The van der Waals surface area contributed by atoms with E-state index in [1.807, 2.05) is 35.0 Å². The number of nitrogens with zero attached hydrogens (tertiary/aromatic N) is 6. The number of anilines is 1. The van der Waals surface area contributed by atoms with Crippen molar-refractivity contribution in [3.63, 3.8) is 0 Å². The lowest BCUT2D eigenvalue weighted by molar-refractivity contribution is 0.218. The third kappa shape index (κ3) is 3.22. The monoisotopic (exact) mass is 312 g/mol. The molecule has 6 heteroatoms. The van der Waals surface area contributed by atoms with Crippen LogP contribution in [0.5, 0.6) is 0 Å². The maximum Gasteiger partial charge on any atom is 0.250 e.